The van der Waals surface area contributed by atoms with Gasteiger partial charge in [-0.25, -0.2) is 0 Å². The van der Waals surface area contributed by atoms with E-state index in [1.165, 1.54) is 23.9 Å². The Labute approximate surface area is 162 Å². The van der Waals surface area contributed by atoms with Gasteiger partial charge in [0, 0.05) is 31.2 Å². The minimum atomic E-state index is -0.466. The minimum absolute atomic E-state index is 0.0163. The number of carbonyl (C=O) groups excluding carboxylic acids is 3. The van der Waals surface area contributed by atoms with Crippen LogP contribution in [0.1, 0.15) is 18.1 Å². The minimum Gasteiger partial charge on any atom is -0.368 e. The summed E-state index contributed by atoms with van der Waals surface area (Å²) < 4.78 is 1.76. The molecule has 3 rings (SSSR count). The van der Waals surface area contributed by atoms with Gasteiger partial charge < -0.3 is 10.3 Å². The van der Waals surface area contributed by atoms with E-state index in [2.05, 4.69) is 0 Å². The summed E-state index contributed by atoms with van der Waals surface area (Å²) in [5, 5.41) is 1.01. The summed E-state index contributed by atoms with van der Waals surface area (Å²) >= 11 is 5.11. The highest BCUT2D eigenvalue weighted by Crippen LogP contribution is 2.28. The topological polar surface area (TPSA) is 88.6 Å². The van der Waals surface area contributed by atoms with Crippen LogP contribution in [-0.4, -0.2) is 51.3 Å². The van der Waals surface area contributed by atoms with Gasteiger partial charge in [-0.15, -0.1) is 0 Å². The van der Waals surface area contributed by atoms with Crippen LogP contribution < -0.4 is 5.73 Å². The van der Waals surface area contributed by atoms with Crippen LogP contribution in [0.3, 0.4) is 0 Å². The predicted octanol–water partition coefficient (Wildman–Crippen LogP) is 1.29. The van der Waals surface area contributed by atoms with Gasteiger partial charge in [0.2, 0.25) is 5.91 Å². The van der Waals surface area contributed by atoms with Gasteiger partial charge >= 0.3 is 0 Å². The Hall–Kier alpha value is -3.00. The molecular weight excluding hydrogens is 364 g/mol. The lowest BCUT2D eigenvalue weighted by atomic mass is 10.0. The summed E-state index contributed by atoms with van der Waals surface area (Å²) in [5.74, 6) is -1.37. The molecule has 2 heterocycles. The number of para-hydroxylation sites is 1. The van der Waals surface area contributed by atoms with Gasteiger partial charge in [0.25, 0.3) is 11.8 Å². The number of benzene rings is 1. The second kappa shape index (κ2) is 6.96. The molecule has 1 aromatic carbocycles. The first-order valence-electron chi connectivity index (χ1n) is 8.47. The number of primary amides is 1. The van der Waals surface area contributed by atoms with Crippen molar-refractivity contribution in [1.29, 1.82) is 0 Å². The van der Waals surface area contributed by atoms with Gasteiger partial charge in [0.05, 0.1) is 5.52 Å². The van der Waals surface area contributed by atoms with E-state index in [9.17, 15) is 14.4 Å². The van der Waals surface area contributed by atoms with E-state index in [0.717, 1.165) is 22.9 Å². The SMILES string of the molecule is CCc1cccc2c(C=C3C(=O)N(C)C(=S)N(C)C3=O)cn(CC(N)=O)c12. The Morgan fingerprint density at radius 2 is 1.81 bits per heavy atom. The van der Waals surface area contributed by atoms with Crippen LogP contribution in [0.25, 0.3) is 17.0 Å². The zero-order chi connectivity index (χ0) is 19.9. The van der Waals surface area contributed by atoms with Crippen molar-refractivity contribution in [3.63, 3.8) is 0 Å². The average Bonchev–Trinajstić information content (AvgIpc) is 2.99. The fourth-order valence-electron chi connectivity index (χ4n) is 3.29. The Balaban J connectivity index is 2.21. The predicted molar refractivity (Wildman–Crippen MR) is 107 cm³/mol. The van der Waals surface area contributed by atoms with Gasteiger partial charge in [-0.05, 0) is 30.3 Å². The molecule has 1 fully saturated rings. The molecule has 0 spiro atoms. The molecule has 8 heteroatoms. The summed E-state index contributed by atoms with van der Waals surface area (Å²) in [5.41, 5.74) is 8.01. The molecule has 0 saturated carbocycles. The second-order valence-electron chi connectivity index (χ2n) is 6.41. The van der Waals surface area contributed by atoms with Crippen molar-refractivity contribution in [3.05, 3.63) is 41.1 Å². The van der Waals surface area contributed by atoms with Gasteiger partial charge in [-0.2, -0.15) is 0 Å². The van der Waals surface area contributed by atoms with E-state index in [1.54, 1.807) is 16.8 Å². The molecule has 0 radical (unpaired) electrons. The molecule has 140 valence electrons. The molecule has 0 bridgehead atoms. The number of amides is 3. The lowest BCUT2D eigenvalue weighted by molar-refractivity contribution is -0.132. The summed E-state index contributed by atoms with van der Waals surface area (Å²) in [6, 6.07) is 5.79. The summed E-state index contributed by atoms with van der Waals surface area (Å²) in [6.45, 7) is 2.04. The number of fused-ring (bicyclic) bond motifs is 1. The van der Waals surface area contributed by atoms with Crippen LogP contribution in [0.2, 0.25) is 0 Å². The van der Waals surface area contributed by atoms with E-state index in [-0.39, 0.29) is 17.2 Å². The van der Waals surface area contributed by atoms with Crippen molar-refractivity contribution < 1.29 is 14.4 Å². The third-order valence-corrected chi connectivity index (χ3v) is 5.21. The third-order valence-electron chi connectivity index (χ3n) is 4.66. The summed E-state index contributed by atoms with van der Waals surface area (Å²) in [6.07, 6.45) is 4.07. The number of nitrogens with two attached hydrogens (primary N) is 1. The summed E-state index contributed by atoms with van der Waals surface area (Å²) in [7, 11) is 3.07. The standard InChI is InChI=1S/C19H20N4O3S/c1-4-11-6-5-7-13-12(9-23(16(11)13)10-15(20)24)8-14-17(25)21(2)19(27)22(3)18(14)26/h5-9H,4,10H2,1-3H3,(H2,20,24). The fourth-order valence-corrected chi connectivity index (χ4v) is 3.45. The molecule has 0 unspecified atom stereocenters. The number of nitrogens with zero attached hydrogens (tertiary/aromatic N) is 3. The van der Waals surface area contributed by atoms with Crippen molar-refractivity contribution in [1.82, 2.24) is 14.4 Å². The molecule has 0 atom stereocenters. The van der Waals surface area contributed by atoms with Gasteiger partial charge in [0.1, 0.15) is 12.1 Å². The van der Waals surface area contributed by atoms with Crippen LogP contribution in [0.15, 0.2) is 30.0 Å². The maximum Gasteiger partial charge on any atom is 0.265 e. The Bertz CT molecular complexity index is 995. The zero-order valence-electron chi connectivity index (χ0n) is 15.4. The maximum absolute atomic E-state index is 12.6. The first kappa shape index (κ1) is 18.8. The number of carbonyl (C=O) groups is 3. The smallest absolute Gasteiger partial charge is 0.265 e. The number of thiocarbonyl (C=S) groups is 1. The number of likely N-dealkylation sites (N-methyl/N-ethyl adjacent to an activating group) is 2. The van der Waals surface area contributed by atoms with Crippen LogP contribution in [-0.2, 0) is 27.3 Å². The lowest BCUT2D eigenvalue weighted by Crippen LogP contribution is -2.52. The first-order valence-corrected chi connectivity index (χ1v) is 8.87. The molecular formula is C19H20N4O3S. The fraction of sp³-hybridized carbons (Fsp3) is 0.263. The number of aromatic nitrogens is 1. The molecule has 27 heavy (non-hydrogen) atoms. The molecule has 3 amide bonds. The Morgan fingerprint density at radius 1 is 1.19 bits per heavy atom. The van der Waals surface area contributed by atoms with E-state index >= 15 is 0 Å². The van der Waals surface area contributed by atoms with Crippen molar-refractivity contribution in [2.24, 2.45) is 5.73 Å². The van der Waals surface area contributed by atoms with Crippen LogP contribution >= 0.6 is 12.2 Å². The lowest BCUT2D eigenvalue weighted by Gasteiger charge is -2.31. The van der Waals surface area contributed by atoms with Gasteiger partial charge in [-0.1, -0.05) is 25.1 Å². The van der Waals surface area contributed by atoms with Gasteiger partial charge in [-0.3, -0.25) is 24.2 Å². The molecule has 1 aliphatic heterocycles. The van der Waals surface area contributed by atoms with Crippen molar-refractivity contribution >= 4 is 52.0 Å². The van der Waals surface area contributed by atoms with Crippen LogP contribution in [0.5, 0.6) is 0 Å². The highest BCUT2D eigenvalue weighted by Gasteiger charge is 2.35. The molecule has 1 aliphatic rings. The number of aryl methyl sites for hydroxylation is 1. The van der Waals surface area contributed by atoms with Gasteiger partial charge in [0.15, 0.2) is 5.11 Å². The molecule has 1 aromatic heterocycles. The van der Waals surface area contributed by atoms with E-state index in [1.807, 2.05) is 25.1 Å². The highest BCUT2D eigenvalue weighted by molar-refractivity contribution is 7.80. The maximum atomic E-state index is 12.6. The average molecular weight is 384 g/mol. The monoisotopic (exact) mass is 384 g/mol. The van der Waals surface area contributed by atoms with Crippen molar-refractivity contribution in [3.8, 4) is 0 Å². The van der Waals surface area contributed by atoms with Crippen LogP contribution in [0, 0.1) is 0 Å². The number of hydrogen-bond acceptors (Lipinski definition) is 4. The van der Waals surface area contributed by atoms with Crippen molar-refractivity contribution in [2.45, 2.75) is 19.9 Å². The number of rotatable bonds is 4. The molecule has 1 saturated heterocycles. The number of hydrogen-bond donors (Lipinski definition) is 1. The van der Waals surface area contributed by atoms with E-state index in [0.29, 0.717) is 5.56 Å². The normalized spacial score (nSPS) is 15.1. The largest absolute Gasteiger partial charge is 0.368 e. The Morgan fingerprint density at radius 3 is 2.37 bits per heavy atom. The Kier molecular flexibility index (Phi) is 4.84. The summed E-state index contributed by atoms with van der Waals surface area (Å²) in [4.78, 5) is 39.2. The third kappa shape index (κ3) is 3.12. The van der Waals surface area contributed by atoms with E-state index < -0.39 is 17.7 Å². The molecule has 2 aromatic rings. The highest BCUT2D eigenvalue weighted by atomic mass is 32.1. The molecule has 2 N–H and O–H groups in total. The molecule has 0 aliphatic carbocycles. The van der Waals surface area contributed by atoms with Crippen LogP contribution in [0.4, 0.5) is 0 Å². The van der Waals surface area contributed by atoms with Crippen molar-refractivity contribution in [2.75, 3.05) is 14.1 Å². The van der Waals surface area contributed by atoms with E-state index in [4.69, 9.17) is 18.0 Å². The quantitative estimate of drug-likeness (QED) is 0.489. The second-order valence-corrected chi connectivity index (χ2v) is 6.78. The zero-order valence-corrected chi connectivity index (χ0v) is 16.2. The molecule has 7 nitrogen and oxygen atoms in total. The first-order chi connectivity index (χ1) is 12.8.